The molecule has 0 spiro atoms. The maximum absolute atomic E-state index is 10.8. The van der Waals surface area contributed by atoms with Crippen molar-refractivity contribution in [1.82, 2.24) is 20.4 Å². The molecular formula is C13H14N4O6. The number of carbonyl (C=O) groups is 2. The molecule has 0 radical (unpaired) electrons. The fourth-order valence-corrected chi connectivity index (χ4v) is 1.21. The number of nitrogens with one attached hydrogen (secondary N) is 1. The predicted octanol–water partition coefficient (Wildman–Crippen LogP) is -0.172. The molecule has 23 heavy (non-hydrogen) atoms. The number of aromatic nitrogens is 4. The summed E-state index contributed by atoms with van der Waals surface area (Å²) in [5.74, 6) is -0.714. The van der Waals surface area contributed by atoms with E-state index in [-0.39, 0.29) is 16.9 Å². The zero-order valence-corrected chi connectivity index (χ0v) is 12.6. The first kappa shape index (κ1) is 17.8. The molecule has 10 nitrogen and oxygen atoms in total. The van der Waals surface area contributed by atoms with Gasteiger partial charge in [-0.05, 0) is 12.1 Å². The summed E-state index contributed by atoms with van der Waals surface area (Å²) in [6.45, 7) is 0. The van der Waals surface area contributed by atoms with Gasteiger partial charge in [0.25, 0.3) is 5.56 Å². The summed E-state index contributed by atoms with van der Waals surface area (Å²) in [4.78, 5) is 32.0. The zero-order chi connectivity index (χ0) is 17.2. The van der Waals surface area contributed by atoms with Crippen molar-refractivity contribution in [1.29, 1.82) is 0 Å². The van der Waals surface area contributed by atoms with Crippen LogP contribution in [0.3, 0.4) is 0 Å². The molecule has 0 fully saturated rings. The Labute approximate surface area is 130 Å². The summed E-state index contributed by atoms with van der Waals surface area (Å²) in [5, 5.41) is 12.7. The summed E-state index contributed by atoms with van der Waals surface area (Å²) in [6.07, 6.45) is 0. The fraction of sp³-hybridized carbons (Fsp3) is 0.231. The standard InChI is InChI=1S/C7H8N2O3.C6H6N2O3/c1-11-6-4-3-5(8-9-6)7(10)12-2;1-11-6(10)4-2-3-5(9)8-7-4/h3-4H,1-2H3;2-3H,1H3,(H,8,9). The number of nitrogens with zero attached hydrogens (tertiary/aromatic N) is 3. The number of rotatable bonds is 3. The number of hydrogen-bond donors (Lipinski definition) is 1. The van der Waals surface area contributed by atoms with Gasteiger partial charge in [-0.15, -0.1) is 10.2 Å². The van der Waals surface area contributed by atoms with Gasteiger partial charge in [0.05, 0.1) is 21.3 Å². The molecule has 0 amide bonds. The van der Waals surface area contributed by atoms with Gasteiger partial charge in [-0.3, -0.25) is 4.79 Å². The van der Waals surface area contributed by atoms with E-state index in [9.17, 15) is 14.4 Å². The second kappa shape index (κ2) is 8.87. The lowest BCUT2D eigenvalue weighted by molar-refractivity contribution is 0.0583. The molecular weight excluding hydrogens is 308 g/mol. The molecule has 0 atom stereocenters. The minimum absolute atomic E-state index is 0.0899. The summed E-state index contributed by atoms with van der Waals surface area (Å²) in [7, 11) is 4.01. The summed E-state index contributed by atoms with van der Waals surface area (Å²) < 4.78 is 13.5. The average Bonchev–Trinajstić information content (AvgIpc) is 2.61. The molecule has 0 unspecified atom stereocenters. The number of carbonyl (C=O) groups excluding carboxylic acids is 2. The lowest BCUT2D eigenvalue weighted by Gasteiger charge is -1.98. The fourth-order valence-electron chi connectivity index (χ4n) is 1.21. The van der Waals surface area contributed by atoms with Crippen LogP contribution in [-0.2, 0) is 9.47 Å². The van der Waals surface area contributed by atoms with Crippen molar-refractivity contribution in [2.24, 2.45) is 0 Å². The van der Waals surface area contributed by atoms with Crippen LogP contribution >= 0.6 is 0 Å². The first-order valence-electron chi connectivity index (χ1n) is 6.12. The van der Waals surface area contributed by atoms with Crippen molar-refractivity contribution in [3.63, 3.8) is 0 Å². The number of hydrogen-bond acceptors (Lipinski definition) is 9. The first-order chi connectivity index (χ1) is 11.0. The van der Waals surface area contributed by atoms with E-state index in [0.29, 0.717) is 5.88 Å². The Bertz CT molecular complexity index is 693. The number of H-pyrrole nitrogens is 1. The highest BCUT2D eigenvalue weighted by Crippen LogP contribution is 2.03. The third kappa shape index (κ3) is 5.53. The van der Waals surface area contributed by atoms with Crippen molar-refractivity contribution in [3.8, 4) is 5.88 Å². The van der Waals surface area contributed by atoms with Crippen molar-refractivity contribution < 1.29 is 23.8 Å². The smallest absolute Gasteiger partial charge is 0.358 e. The number of aromatic amines is 1. The maximum Gasteiger partial charge on any atom is 0.358 e. The van der Waals surface area contributed by atoms with E-state index in [4.69, 9.17) is 4.74 Å². The highest BCUT2D eigenvalue weighted by molar-refractivity contribution is 5.87. The lowest BCUT2D eigenvalue weighted by atomic mass is 10.4. The first-order valence-corrected chi connectivity index (χ1v) is 6.12. The van der Waals surface area contributed by atoms with Gasteiger partial charge >= 0.3 is 11.9 Å². The molecule has 2 aromatic heterocycles. The normalized spacial score (nSPS) is 9.17. The zero-order valence-electron chi connectivity index (χ0n) is 12.6. The van der Waals surface area contributed by atoms with E-state index in [0.717, 1.165) is 0 Å². The van der Waals surface area contributed by atoms with Gasteiger partial charge < -0.3 is 14.2 Å². The van der Waals surface area contributed by atoms with Crippen LogP contribution in [0.5, 0.6) is 5.88 Å². The third-order valence-electron chi connectivity index (χ3n) is 2.32. The molecule has 2 rings (SSSR count). The van der Waals surface area contributed by atoms with Crippen molar-refractivity contribution in [3.05, 3.63) is 46.0 Å². The SMILES string of the molecule is COC(=O)c1ccc(=O)[nH]n1.COC(=O)c1ccc(OC)nn1. The van der Waals surface area contributed by atoms with Gasteiger partial charge in [0, 0.05) is 12.1 Å². The quantitative estimate of drug-likeness (QED) is 0.764. The Morgan fingerprint density at radius 3 is 1.96 bits per heavy atom. The van der Waals surface area contributed by atoms with Crippen LogP contribution in [0.1, 0.15) is 21.0 Å². The van der Waals surface area contributed by atoms with E-state index >= 15 is 0 Å². The van der Waals surface area contributed by atoms with Gasteiger partial charge in [0.15, 0.2) is 11.4 Å². The van der Waals surface area contributed by atoms with Gasteiger partial charge in [-0.2, -0.15) is 5.10 Å². The van der Waals surface area contributed by atoms with E-state index in [1.165, 1.54) is 39.5 Å². The van der Waals surface area contributed by atoms with Gasteiger partial charge in [0.2, 0.25) is 5.88 Å². The van der Waals surface area contributed by atoms with Crippen LogP contribution in [-0.4, -0.2) is 53.7 Å². The van der Waals surface area contributed by atoms with Crippen molar-refractivity contribution in [2.45, 2.75) is 0 Å². The Morgan fingerprint density at radius 2 is 1.52 bits per heavy atom. The predicted molar refractivity (Wildman–Crippen MR) is 76.1 cm³/mol. The average molecular weight is 322 g/mol. The third-order valence-corrected chi connectivity index (χ3v) is 2.32. The van der Waals surface area contributed by atoms with Crippen LogP contribution in [0.2, 0.25) is 0 Å². The molecule has 0 saturated carbocycles. The van der Waals surface area contributed by atoms with Gasteiger partial charge in [-0.1, -0.05) is 0 Å². The largest absolute Gasteiger partial charge is 0.480 e. The molecule has 2 aromatic rings. The van der Waals surface area contributed by atoms with Crippen molar-refractivity contribution in [2.75, 3.05) is 21.3 Å². The Morgan fingerprint density at radius 1 is 0.913 bits per heavy atom. The van der Waals surface area contributed by atoms with E-state index < -0.39 is 11.9 Å². The topological polar surface area (TPSA) is 133 Å². The van der Waals surface area contributed by atoms with E-state index in [2.05, 4.69) is 29.9 Å². The molecule has 10 heteroatoms. The number of ether oxygens (including phenoxy) is 3. The Kier molecular flexibility index (Phi) is 6.85. The molecule has 0 bridgehead atoms. The monoisotopic (exact) mass is 322 g/mol. The second-order valence-corrected chi connectivity index (χ2v) is 3.75. The summed E-state index contributed by atoms with van der Waals surface area (Å²) in [6, 6.07) is 5.53. The summed E-state index contributed by atoms with van der Waals surface area (Å²) >= 11 is 0. The van der Waals surface area contributed by atoms with Gasteiger partial charge in [-0.25, -0.2) is 14.7 Å². The highest BCUT2D eigenvalue weighted by atomic mass is 16.5. The van der Waals surface area contributed by atoms with Crippen LogP contribution in [0.15, 0.2) is 29.1 Å². The lowest BCUT2D eigenvalue weighted by Crippen LogP contribution is -2.12. The summed E-state index contributed by atoms with van der Waals surface area (Å²) in [5.41, 5.74) is -0.0944. The van der Waals surface area contributed by atoms with Crippen LogP contribution in [0.25, 0.3) is 0 Å². The van der Waals surface area contributed by atoms with E-state index in [1.807, 2.05) is 0 Å². The number of esters is 2. The Balaban J connectivity index is 0.000000231. The molecule has 0 saturated heterocycles. The minimum atomic E-state index is -0.568. The molecule has 0 aromatic carbocycles. The van der Waals surface area contributed by atoms with Crippen LogP contribution in [0, 0.1) is 0 Å². The molecule has 0 aliphatic heterocycles. The van der Waals surface area contributed by atoms with Gasteiger partial charge in [0.1, 0.15) is 0 Å². The second-order valence-electron chi connectivity index (χ2n) is 3.75. The Hall–Kier alpha value is -3.30. The van der Waals surface area contributed by atoms with Crippen LogP contribution < -0.4 is 10.3 Å². The van der Waals surface area contributed by atoms with Crippen LogP contribution in [0.4, 0.5) is 0 Å². The molecule has 0 aliphatic rings. The van der Waals surface area contributed by atoms with E-state index in [1.54, 1.807) is 6.07 Å². The van der Waals surface area contributed by atoms with Crippen molar-refractivity contribution >= 4 is 11.9 Å². The molecule has 122 valence electrons. The molecule has 2 heterocycles. The maximum atomic E-state index is 10.8. The highest BCUT2D eigenvalue weighted by Gasteiger charge is 2.07. The minimum Gasteiger partial charge on any atom is -0.480 e. The molecule has 0 aliphatic carbocycles. The number of methoxy groups -OCH3 is 3. The molecule has 1 N–H and O–H groups in total.